The lowest BCUT2D eigenvalue weighted by atomic mass is 10.1. The van der Waals surface area contributed by atoms with Crippen LogP contribution in [0.3, 0.4) is 0 Å². The second-order valence-electron chi connectivity index (χ2n) is 6.97. The summed E-state index contributed by atoms with van der Waals surface area (Å²) < 4.78 is 28.8. The maximum Gasteiger partial charge on any atom is 0.252 e. The van der Waals surface area contributed by atoms with E-state index < -0.39 is 15.9 Å². The number of sulfone groups is 1. The van der Waals surface area contributed by atoms with Crippen LogP contribution < -0.4 is 10.1 Å². The van der Waals surface area contributed by atoms with Crippen molar-refractivity contribution in [2.45, 2.75) is 19.6 Å². The zero-order chi connectivity index (χ0) is 20.9. The molecule has 1 atom stereocenters. The molecule has 0 aliphatic carbocycles. The van der Waals surface area contributed by atoms with Crippen LogP contribution in [0.5, 0.6) is 5.75 Å². The van der Waals surface area contributed by atoms with Crippen molar-refractivity contribution in [2.24, 2.45) is 0 Å². The molecular weight excluding hydrogens is 392 g/mol. The highest BCUT2D eigenvalue weighted by Crippen LogP contribution is 2.16. The molecule has 1 aliphatic rings. The Balaban J connectivity index is 1.56. The molecule has 0 bridgehead atoms. The number of nitrogens with one attached hydrogen (secondary N) is 1. The maximum atomic E-state index is 12.5. The van der Waals surface area contributed by atoms with Crippen molar-refractivity contribution in [2.75, 3.05) is 24.6 Å². The van der Waals surface area contributed by atoms with Crippen LogP contribution in [0.2, 0.25) is 0 Å². The molecule has 1 N–H and O–H groups in total. The molecule has 29 heavy (non-hydrogen) atoms. The normalized spacial score (nSPS) is 16.7. The Morgan fingerprint density at radius 1 is 1.07 bits per heavy atom. The van der Waals surface area contributed by atoms with Crippen molar-refractivity contribution < 1.29 is 22.7 Å². The summed E-state index contributed by atoms with van der Waals surface area (Å²) in [5.74, 6) is -0.201. The van der Waals surface area contributed by atoms with Crippen LogP contribution in [0.4, 0.5) is 0 Å². The zero-order valence-corrected chi connectivity index (χ0v) is 17.0. The number of ether oxygens (including phenoxy) is 1. The number of nitrogens with zero attached hydrogens (tertiary/aromatic N) is 1. The van der Waals surface area contributed by atoms with Crippen molar-refractivity contribution >= 4 is 21.7 Å². The monoisotopic (exact) mass is 416 g/mol. The van der Waals surface area contributed by atoms with Gasteiger partial charge in [0.15, 0.2) is 9.84 Å². The van der Waals surface area contributed by atoms with Gasteiger partial charge in [-0.3, -0.25) is 9.59 Å². The molecule has 8 heteroatoms. The Hall–Kier alpha value is -2.87. The van der Waals surface area contributed by atoms with E-state index in [-0.39, 0.29) is 36.4 Å². The van der Waals surface area contributed by atoms with Crippen LogP contribution in [-0.2, 0) is 21.2 Å². The van der Waals surface area contributed by atoms with E-state index in [1.165, 1.54) is 4.90 Å². The van der Waals surface area contributed by atoms with Crippen molar-refractivity contribution in [1.29, 1.82) is 0 Å². The molecule has 3 rings (SSSR count). The van der Waals surface area contributed by atoms with E-state index >= 15 is 0 Å². The highest BCUT2D eigenvalue weighted by Gasteiger charge is 2.28. The number of carbonyl (C=O) groups excluding carboxylic acids is 2. The van der Waals surface area contributed by atoms with Crippen molar-refractivity contribution in [3.05, 3.63) is 65.7 Å². The Morgan fingerprint density at radius 2 is 1.76 bits per heavy atom. The molecule has 2 aromatic carbocycles. The predicted octanol–water partition coefficient (Wildman–Crippen LogP) is 1.64. The molecule has 0 radical (unpaired) electrons. The molecule has 7 nitrogen and oxygen atoms in total. The van der Waals surface area contributed by atoms with E-state index in [2.05, 4.69) is 5.32 Å². The minimum Gasteiger partial charge on any atom is -0.489 e. The quantitative estimate of drug-likeness (QED) is 0.773. The van der Waals surface area contributed by atoms with Gasteiger partial charge in [0.2, 0.25) is 5.91 Å². The Labute approximate surface area is 170 Å². The van der Waals surface area contributed by atoms with Gasteiger partial charge in [0.25, 0.3) is 5.91 Å². The third-order valence-corrected chi connectivity index (χ3v) is 6.33. The van der Waals surface area contributed by atoms with Crippen LogP contribution in [-0.4, -0.2) is 55.8 Å². The Kier molecular flexibility index (Phi) is 6.53. The SMILES string of the molecule is CC(NC(=O)c1cccc(OCc2ccccc2)c1)C(=O)N1CCS(=O)(=O)CC1. The van der Waals surface area contributed by atoms with Crippen molar-refractivity contribution in [1.82, 2.24) is 10.2 Å². The summed E-state index contributed by atoms with van der Waals surface area (Å²) in [7, 11) is -3.07. The average molecular weight is 416 g/mol. The first-order valence-corrected chi connectivity index (χ1v) is 11.2. The van der Waals surface area contributed by atoms with Gasteiger partial charge >= 0.3 is 0 Å². The summed E-state index contributed by atoms with van der Waals surface area (Å²) >= 11 is 0. The summed E-state index contributed by atoms with van der Waals surface area (Å²) in [4.78, 5) is 26.5. The fraction of sp³-hybridized carbons (Fsp3) is 0.333. The highest BCUT2D eigenvalue weighted by molar-refractivity contribution is 7.91. The molecule has 0 spiro atoms. The number of carbonyl (C=O) groups is 2. The Bertz CT molecular complexity index is 962. The van der Waals surface area contributed by atoms with Gasteiger partial charge in [0, 0.05) is 18.7 Å². The molecule has 2 amide bonds. The van der Waals surface area contributed by atoms with Gasteiger partial charge in [-0.05, 0) is 30.7 Å². The van der Waals surface area contributed by atoms with Crippen molar-refractivity contribution in [3.8, 4) is 5.75 Å². The molecule has 1 unspecified atom stereocenters. The second-order valence-corrected chi connectivity index (χ2v) is 9.28. The van der Waals surface area contributed by atoms with E-state index in [1.807, 2.05) is 30.3 Å². The highest BCUT2D eigenvalue weighted by atomic mass is 32.2. The molecule has 1 saturated heterocycles. The summed E-state index contributed by atoms with van der Waals surface area (Å²) in [5, 5.41) is 2.68. The zero-order valence-electron chi connectivity index (χ0n) is 16.2. The van der Waals surface area contributed by atoms with E-state index in [0.29, 0.717) is 17.9 Å². The molecule has 1 aliphatic heterocycles. The summed E-state index contributed by atoms with van der Waals surface area (Å²) in [6.07, 6.45) is 0. The largest absolute Gasteiger partial charge is 0.489 e. The van der Waals surface area contributed by atoms with E-state index in [0.717, 1.165) is 5.56 Å². The first-order valence-electron chi connectivity index (χ1n) is 9.41. The molecular formula is C21H24N2O5S. The fourth-order valence-electron chi connectivity index (χ4n) is 3.02. The standard InChI is InChI=1S/C21H24N2O5S/c1-16(21(25)23-10-12-29(26,27)13-11-23)22-20(24)18-8-5-9-19(14-18)28-15-17-6-3-2-4-7-17/h2-9,14,16H,10-13,15H2,1H3,(H,22,24). The smallest absolute Gasteiger partial charge is 0.252 e. The minimum atomic E-state index is -3.07. The molecule has 1 fully saturated rings. The molecule has 1 heterocycles. The van der Waals surface area contributed by atoms with Crippen LogP contribution in [0.1, 0.15) is 22.8 Å². The van der Waals surface area contributed by atoms with E-state index in [9.17, 15) is 18.0 Å². The average Bonchev–Trinajstić information content (AvgIpc) is 2.72. The topological polar surface area (TPSA) is 92.8 Å². The Morgan fingerprint density at radius 3 is 2.45 bits per heavy atom. The predicted molar refractivity (Wildman–Crippen MR) is 109 cm³/mol. The minimum absolute atomic E-state index is 0.0415. The maximum absolute atomic E-state index is 12.5. The fourth-order valence-corrected chi connectivity index (χ4v) is 4.22. The lowest BCUT2D eigenvalue weighted by Crippen LogP contribution is -2.51. The number of hydrogen-bond donors (Lipinski definition) is 1. The number of hydrogen-bond acceptors (Lipinski definition) is 5. The lowest BCUT2D eigenvalue weighted by Gasteiger charge is -2.29. The third kappa shape index (κ3) is 5.80. The summed E-state index contributed by atoms with van der Waals surface area (Å²) in [5.41, 5.74) is 1.40. The molecule has 154 valence electrons. The van der Waals surface area contributed by atoms with Gasteiger partial charge in [-0.25, -0.2) is 8.42 Å². The first-order chi connectivity index (χ1) is 13.8. The number of rotatable bonds is 6. The van der Waals surface area contributed by atoms with Gasteiger partial charge < -0.3 is 15.0 Å². The number of amides is 2. The van der Waals surface area contributed by atoms with Crippen LogP contribution in [0, 0.1) is 0 Å². The summed E-state index contributed by atoms with van der Waals surface area (Å²) in [6.45, 7) is 2.30. The van der Waals surface area contributed by atoms with E-state index in [4.69, 9.17) is 4.74 Å². The second kappa shape index (κ2) is 9.09. The third-order valence-electron chi connectivity index (χ3n) is 4.72. The molecule has 0 saturated carbocycles. The van der Waals surface area contributed by atoms with Crippen LogP contribution >= 0.6 is 0 Å². The van der Waals surface area contributed by atoms with Gasteiger partial charge in [0.1, 0.15) is 18.4 Å². The van der Waals surface area contributed by atoms with Crippen LogP contribution in [0.25, 0.3) is 0 Å². The van der Waals surface area contributed by atoms with Gasteiger partial charge in [-0.15, -0.1) is 0 Å². The summed E-state index contributed by atoms with van der Waals surface area (Å²) in [6, 6.07) is 15.7. The van der Waals surface area contributed by atoms with Gasteiger partial charge in [-0.1, -0.05) is 36.4 Å². The molecule has 2 aromatic rings. The van der Waals surface area contributed by atoms with Gasteiger partial charge in [-0.2, -0.15) is 0 Å². The van der Waals surface area contributed by atoms with E-state index in [1.54, 1.807) is 31.2 Å². The lowest BCUT2D eigenvalue weighted by molar-refractivity contribution is -0.132. The van der Waals surface area contributed by atoms with Crippen molar-refractivity contribution in [3.63, 3.8) is 0 Å². The van der Waals surface area contributed by atoms with Crippen LogP contribution in [0.15, 0.2) is 54.6 Å². The number of benzene rings is 2. The molecule has 0 aromatic heterocycles. The van der Waals surface area contributed by atoms with Gasteiger partial charge in [0.05, 0.1) is 11.5 Å². The first kappa shape index (κ1) is 20.9.